The number of likely N-dealkylation sites (N-methyl/N-ethyl adjacent to an activating group) is 1. The molecule has 3 nitrogen and oxygen atoms in total. The third kappa shape index (κ3) is 2.38. The maximum absolute atomic E-state index is 6.14. The number of hydrogen-bond donors (Lipinski definition) is 1. The molecule has 3 heteroatoms. The fourth-order valence-electron chi connectivity index (χ4n) is 3.59. The van der Waals surface area contributed by atoms with E-state index in [1.54, 1.807) is 0 Å². The van der Waals surface area contributed by atoms with Crippen molar-refractivity contribution in [3.8, 4) is 0 Å². The van der Waals surface area contributed by atoms with Crippen LogP contribution in [0.4, 0.5) is 0 Å². The molecular formula is C14H29N3. The molecule has 100 valence electrons. The number of piperidine rings is 1. The lowest BCUT2D eigenvalue weighted by atomic mass is 9.84. The molecule has 0 spiro atoms. The third-order valence-corrected chi connectivity index (χ3v) is 5.36. The van der Waals surface area contributed by atoms with Crippen molar-refractivity contribution in [2.75, 3.05) is 33.2 Å². The van der Waals surface area contributed by atoms with Gasteiger partial charge in [-0.2, -0.15) is 0 Å². The molecule has 2 N–H and O–H groups in total. The van der Waals surface area contributed by atoms with E-state index in [4.69, 9.17) is 5.73 Å². The molecule has 4 unspecified atom stereocenters. The fraction of sp³-hybridized carbons (Fsp3) is 1.00. The fourth-order valence-corrected chi connectivity index (χ4v) is 3.59. The van der Waals surface area contributed by atoms with Crippen molar-refractivity contribution in [1.29, 1.82) is 0 Å². The molecule has 0 aromatic carbocycles. The van der Waals surface area contributed by atoms with E-state index >= 15 is 0 Å². The van der Waals surface area contributed by atoms with Gasteiger partial charge in [0.1, 0.15) is 0 Å². The Morgan fingerprint density at radius 1 is 1.24 bits per heavy atom. The second-order valence-corrected chi connectivity index (χ2v) is 6.59. The van der Waals surface area contributed by atoms with Crippen LogP contribution in [0, 0.1) is 11.8 Å². The number of hydrogen-bond acceptors (Lipinski definition) is 3. The van der Waals surface area contributed by atoms with E-state index in [1.807, 2.05) is 0 Å². The molecule has 2 aliphatic heterocycles. The molecule has 0 saturated carbocycles. The normalized spacial score (nSPS) is 45.4. The van der Waals surface area contributed by atoms with Gasteiger partial charge in [0, 0.05) is 31.2 Å². The highest BCUT2D eigenvalue weighted by Crippen LogP contribution is 2.35. The highest BCUT2D eigenvalue weighted by molar-refractivity contribution is 5.03. The first-order valence-electron chi connectivity index (χ1n) is 7.14. The zero-order chi connectivity index (χ0) is 12.6. The van der Waals surface area contributed by atoms with Gasteiger partial charge in [-0.3, -0.25) is 4.90 Å². The van der Waals surface area contributed by atoms with Gasteiger partial charge >= 0.3 is 0 Å². The van der Waals surface area contributed by atoms with Gasteiger partial charge in [0.05, 0.1) is 0 Å². The standard InChI is InChI=1S/C14H29N3/c1-11-5-6-17(8-12(11)2)14(9-15)7-13(3)16(4)10-14/h11-13H,5-10,15H2,1-4H3. The second kappa shape index (κ2) is 4.87. The second-order valence-electron chi connectivity index (χ2n) is 6.59. The summed E-state index contributed by atoms with van der Waals surface area (Å²) < 4.78 is 0. The molecule has 2 fully saturated rings. The Labute approximate surface area is 106 Å². The number of nitrogens with two attached hydrogens (primary N) is 1. The van der Waals surface area contributed by atoms with Crippen molar-refractivity contribution in [2.45, 2.75) is 45.2 Å². The Hall–Kier alpha value is -0.120. The predicted octanol–water partition coefficient (Wildman–Crippen LogP) is 1.39. The van der Waals surface area contributed by atoms with Crippen molar-refractivity contribution in [2.24, 2.45) is 17.6 Å². The van der Waals surface area contributed by atoms with Crippen molar-refractivity contribution < 1.29 is 0 Å². The Morgan fingerprint density at radius 3 is 2.41 bits per heavy atom. The molecular weight excluding hydrogens is 210 g/mol. The van der Waals surface area contributed by atoms with Gasteiger partial charge in [-0.15, -0.1) is 0 Å². The number of rotatable bonds is 2. The highest BCUT2D eigenvalue weighted by Gasteiger charge is 2.45. The molecule has 0 aliphatic carbocycles. The van der Waals surface area contributed by atoms with Gasteiger partial charge in [-0.1, -0.05) is 13.8 Å². The lowest BCUT2D eigenvalue weighted by molar-refractivity contribution is 0.0369. The van der Waals surface area contributed by atoms with Crippen LogP contribution in [0.1, 0.15) is 33.6 Å². The summed E-state index contributed by atoms with van der Waals surface area (Å²) >= 11 is 0. The number of nitrogens with zero attached hydrogens (tertiary/aromatic N) is 2. The first kappa shape index (κ1) is 13.3. The van der Waals surface area contributed by atoms with Crippen LogP contribution in [-0.2, 0) is 0 Å². The summed E-state index contributed by atoms with van der Waals surface area (Å²) in [4.78, 5) is 5.16. The maximum Gasteiger partial charge on any atom is 0.0473 e. The number of likely N-dealkylation sites (tertiary alicyclic amines) is 2. The molecule has 0 aromatic rings. The van der Waals surface area contributed by atoms with Crippen molar-refractivity contribution in [1.82, 2.24) is 9.80 Å². The van der Waals surface area contributed by atoms with E-state index in [1.165, 1.54) is 25.9 Å². The molecule has 17 heavy (non-hydrogen) atoms. The summed E-state index contributed by atoms with van der Waals surface area (Å²) in [5.41, 5.74) is 6.39. The van der Waals surface area contributed by atoms with E-state index in [9.17, 15) is 0 Å². The Morgan fingerprint density at radius 2 is 1.94 bits per heavy atom. The lowest BCUT2D eigenvalue weighted by Crippen LogP contribution is -2.59. The molecule has 2 aliphatic rings. The summed E-state index contributed by atoms with van der Waals surface area (Å²) in [5, 5.41) is 0. The highest BCUT2D eigenvalue weighted by atomic mass is 15.3. The minimum absolute atomic E-state index is 0.253. The summed E-state index contributed by atoms with van der Waals surface area (Å²) in [6.07, 6.45) is 2.57. The van der Waals surface area contributed by atoms with Crippen LogP contribution in [0.15, 0.2) is 0 Å². The monoisotopic (exact) mass is 239 g/mol. The minimum atomic E-state index is 0.253. The van der Waals surface area contributed by atoms with Crippen LogP contribution < -0.4 is 5.73 Å². The summed E-state index contributed by atoms with van der Waals surface area (Å²) in [7, 11) is 2.23. The van der Waals surface area contributed by atoms with Gasteiger partial charge in [0.25, 0.3) is 0 Å². The molecule has 0 bridgehead atoms. The topological polar surface area (TPSA) is 32.5 Å². The average Bonchev–Trinajstić information content (AvgIpc) is 2.60. The van der Waals surface area contributed by atoms with Gasteiger partial charge in [-0.25, -0.2) is 0 Å². The Bertz CT molecular complexity index is 256. The molecule has 2 heterocycles. The van der Waals surface area contributed by atoms with Crippen LogP contribution >= 0.6 is 0 Å². The summed E-state index contributed by atoms with van der Waals surface area (Å²) in [5.74, 6) is 1.69. The van der Waals surface area contributed by atoms with Crippen molar-refractivity contribution >= 4 is 0 Å². The smallest absolute Gasteiger partial charge is 0.0473 e. The largest absolute Gasteiger partial charge is 0.329 e. The molecule has 0 amide bonds. The Kier molecular flexibility index (Phi) is 3.81. The summed E-state index contributed by atoms with van der Waals surface area (Å²) in [6, 6.07) is 0.674. The lowest BCUT2D eigenvalue weighted by Gasteiger charge is -2.46. The first-order valence-corrected chi connectivity index (χ1v) is 7.14. The van der Waals surface area contributed by atoms with Crippen LogP contribution in [0.25, 0.3) is 0 Å². The van der Waals surface area contributed by atoms with Gasteiger partial charge < -0.3 is 10.6 Å². The summed E-state index contributed by atoms with van der Waals surface area (Å²) in [6.45, 7) is 11.5. The van der Waals surface area contributed by atoms with Crippen molar-refractivity contribution in [3.05, 3.63) is 0 Å². The predicted molar refractivity (Wildman–Crippen MR) is 73.0 cm³/mol. The molecule has 4 atom stereocenters. The van der Waals surface area contributed by atoms with E-state index in [0.29, 0.717) is 6.04 Å². The van der Waals surface area contributed by atoms with Gasteiger partial charge in [0.2, 0.25) is 0 Å². The molecule has 0 aromatic heterocycles. The van der Waals surface area contributed by atoms with E-state index in [0.717, 1.165) is 24.9 Å². The first-order chi connectivity index (χ1) is 7.98. The van der Waals surface area contributed by atoms with Crippen LogP contribution in [-0.4, -0.2) is 54.6 Å². The average molecular weight is 239 g/mol. The van der Waals surface area contributed by atoms with Gasteiger partial charge in [-0.05, 0) is 45.2 Å². The Balaban J connectivity index is 2.09. The van der Waals surface area contributed by atoms with Crippen LogP contribution in [0.5, 0.6) is 0 Å². The van der Waals surface area contributed by atoms with E-state index in [2.05, 4.69) is 37.6 Å². The quantitative estimate of drug-likeness (QED) is 0.790. The van der Waals surface area contributed by atoms with E-state index < -0.39 is 0 Å². The van der Waals surface area contributed by atoms with E-state index in [-0.39, 0.29) is 5.54 Å². The van der Waals surface area contributed by atoms with Gasteiger partial charge in [0.15, 0.2) is 0 Å². The molecule has 2 rings (SSSR count). The zero-order valence-electron chi connectivity index (χ0n) is 11.9. The third-order valence-electron chi connectivity index (χ3n) is 5.36. The molecule has 2 saturated heterocycles. The SMILES string of the molecule is CC1CCN(C2(CN)CC(C)N(C)C2)CC1C. The van der Waals surface area contributed by atoms with Crippen LogP contribution in [0.2, 0.25) is 0 Å². The maximum atomic E-state index is 6.14. The van der Waals surface area contributed by atoms with Crippen LogP contribution in [0.3, 0.4) is 0 Å². The minimum Gasteiger partial charge on any atom is -0.329 e. The molecule has 0 radical (unpaired) electrons. The zero-order valence-corrected chi connectivity index (χ0v) is 11.9. The van der Waals surface area contributed by atoms with Crippen molar-refractivity contribution in [3.63, 3.8) is 0 Å².